The Morgan fingerprint density at radius 2 is 0.943 bits per heavy atom. The van der Waals surface area contributed by atoms with Gasteiger partial charge in [-0.2, -0.15) is 0 Å². The molecule has 0 radical (unpaired) electrons. The van der Waals surface area contributed by atoms with E-state index >= 15 is 0 Å². The molecule has 0 spiro atoms. The first kappa shape index (κ1) is 43.0. The van der Waals surface area contributed by atoms with Crippen LogP contribution in [0.25, 0.3) is 0 Å². The Bertz CT molecular complexity index is 1380. The minimum Gasteiger partial charge on any atom is -0.394 e. The van der Waals surface area contributed by atoms with Crippen LogP contribution in [0.1, 0.15) is 59.3 Å². The topological polar surface area (TPSA) is 304 Å². The summed E-state index contributed by atoms with van der Waals surface area (Å²) in [5.74, 6) is -7.69. The molecule has 4 rings (SSSR count). The second-order valence-corrected chi connectivity index (χ2v) is 13.6. The summed E-state index contributed by atoms with van der Waals surface area (Å²) in [6.07, 6.45) is -0.829. The van der Waals surface area contributed by atoms with E-state index in [1.165, 1.54) is 0 Å². The molecule has 4 aliphatic heterocycles. The van der Waals surface area contributed by atoms with Crippen LogP contribution in [0.15, 0.2) is 0 Å². The molecular formula is C29H46AlN9O14. The van der Waals surface area contributed by atoms with Gasteiger partial charge in [0.15, 0.2) is 0 Å². The molecule has 4 saturated heterocycles. The fourth-order valence-electron chi connectivity index (χ4n) is 5.36. The van der Waals surface area contributed by atoms with Gasteiger partial charge in [-0.05, 0) is 38.5 Å². The Morgan fingerprint density at radius 1 is 0.585 bits per heavy atom. The molecule has 0 aromatic carbocycles. The van der Waals surface area contributed by atoms with Crippen LogP contribution in [0, 0.1) is 0 Å². The number of hydrogen-bond acceptors (Lipinski definition) is 14. The van der Waals surface area contributed by atoms with E-state index in [0.29, 0.717) is 0 Å². The van der Waals surface area contributed by atoms with Gasteiger partial charge in [0.1, 0.15) is 30.2 Å². The molecule has 294 valence electrons. The van der Waals surface area contributed by atoms with Crippen LogP contribution in [-0.4, -0.2) is 163 Å². The van der Waals surface area contributed by atoms with Gasteiger partial charge < -0.3 is 53.8 Å². The van der Waals surface area contributed by atoms with Crippen LogP contribution < -0.4 is 31.9 Å². The molecule has 8 N–H and O–H groups in total. The fraction of sp³-hybridized carbons (Fsp3) is 0.690. The summed E-state index contributed by atoms with van der Waals surface area (Å²) in [6.45, 7) is 0.149. The molecule has 5 atom stereocenters. The zero-order valence-corrected chi connectivity index (χ0v) is 30.7. The van der Waals surface area contributed by atoms with Gasteiger partial charge in [0.25, 0.3) is 0 Å². The molecule has 0 aromatic heterocycles. The van der Waals surface area contributed by atoms with Crippen molar-refractivity contribution in [2.45, 2.75) is 89.5 Å². The Kier molecular flexibility index (Phi) is 16.8. The number of aliphatic hydroxyl groups is 2. The molecule has 4 aliphatic rings. The van der Waals surface area contributed by atoms with E-state index in [9.17, 15) is 53.4 Å². The number of carbonyl (C=O) groups excluding carboxylic acids is 9. The molecule has 0 aliphatic carbocycles. The summed E-state index contributed by atoms with van der Waals surface area (Å²) in [5, 5.41) is 36.9. The number of nitrogens with one attached hydrogen (secondary N) is 6. The maximum atomic E-state index is 13.6. The monoisotopic (exact) mass is 771 g/mol. The quantitative estimate of drug-likeness (QED) is 0.121. The second kappa shape index (κ2) is 20.7. The first-order chi connectivity index (χ1) is 25.1. The molecule has 0 saturated carbocycles. The van der Waals surface area contributed by atoms with Crippen molar-refractivity contribution in [2.24, 2.45) is 0 Å². The number of nitrogens with zero attached hydrogens (tertiary/aromatic N) is 3. The van der Waals surface area contributed by atoms with E-state index in [1.54, 1.807) is 0 Å². The molecule has 24 heteroatoms. The van der Waals surface area contributed by atoms with Gasteiger partial charge in [-0.25, -0.2) is 15.2 Å². The van der Waals surface area contributed by atoms with Crippen molar-refractivity contribution < 1.29 is 65.0 Å². The van der Waals surface area contributed by atoms with Crippen molar-refractivity contribution in [1.82, 2.24) is 47.1 Å². The van der Waals surface area contributed by atoms with Crippen molar-refractivity contribution in [3.05, 3.63) is 0 Å². The van der Waals surface area contributed by atoms with Crippen LogP contribution in [-0.2, 0) is 54.8 Å². The average molecular weight is 772 g/mol. The first-order valence-corrected chi connectivity index (χ1v) is 18.4. The summed E-state index contributed by atoms with van der Waals surface area (Å²) in [5.41, 5.74) is 0. The van der Waals surface area contributed by atoms with E-state index in [0.717, 1.165) is 36.0 Å². The summed E-state index contributed by atoms with van der Waals surface area (Å²) < 4.78 is 17.5. The molecule has 4 fully saturated rings. The molecular weight excluding hydrogens is 725 g/mol. The van der Waals surface area contributed by atoms with E-state index < -0.39 is 118 Å². The number of carbonyl (C=O) groups is 9. The normalized spacial score (nSPS) is 26.8. The van der Waals surface area contributed by atoms with Gasteiger partial charge in [0.05, 0.1) is 19.8 Å². The maximum absolute atomic E-state index is 13.6. The Morgan fingerprint density at radius 3 is 1.30 bits per heavy atom. The largest absolute Gasteiger partial charge is 0.975 e. The van der Waals surface area contributed by atoms with Crippen molar-refractivity contribution in [3.8, 4) is 0 Å². The Balaban J connectivity index is 2.23. The SMILES string of the molecule is CC(=O)N1CCC[C@@H]2NC(=O)CNC(=O)[C@H]3CCCN(C(C)=O)[O][Al]([O]1)[O]N(C(C)=O)CCC[C@@H](NC(=O)[C@H](CO)NC2=O)C(=O)N[C@@H](CO)C(=O)N3. The molecule has 53 heavy (non-hydrogen) atoms. The molecule has 4 bridgehead atoms. The van der Waals surface area contributed by atoms with E-state index in [2.05, 4.69) is 31.9 Å². The van der Waals surface area contributed by atoms with Crippen molar-refractivity contribution in [1.29, 1.82) is 0 Å². The molecule has 0 unspecified atom stereocenters. The van der Waals surface area contributed by atoms with Crippen LogP contribution in [0.4, 0.5) is 0 Å². The van der Waals surface area contributed by atoms with Crippen molar-refractivity contribution in [3.63, 3.8) is 0 Å². The highest BCUT2D eigenvalue weighted by molar-refractivity contribution is 6.36. The average Bonchev–Trinajstić information content (AvgIpc) is 3.10. The highest BCUT2D eigenvalue weighted by atomic mass is 27.3. The Labute approximate surface area is 309 Å². The lowest BCUT2D eigenvalue weighted by Crippen LogP contribution is -2.61. The third kappa shape index (κ3) is 13.2. The van der Waals surface area contributed by atoms with Crippen LogP contribution in [0.2, 0.25) is 0 Å². The summed E-state index contributed by atoms with van der Waals surface area (Å²) in [6, 6.07) is -7.63. The lowest BCUT2D eigenvalue weighted by molar-refractivity contribution is -0.212. The summed E-state index contributed by atoms with van der Waals surface area (Å²) >= 11 is -3.79. The molecule has 4 heterocycles. The smallest absolute Gasteiger partial charge is 0.394 e. The van der Waals surface area contributed by atoms with Gasteiger partial charge >= 0.3 is 15.1 Å². The standard InChI is InChI=1S/C29H46N9O14.Al/c1-16(41)36(50)10-4-7-19-25(45)30-13-24(44)31-20(8-5-11-37(51)17(2)42)26(46)34-23(15-40)29(49)33-21(9-6-12-38(52)18(3)43)27(47)35-22(14-39)28(48)32-19;/h19-23,39-40H,4-15H2,1-3H3,(H,30,45)(H,31,44)(H,32,48)(H,33,49)(H,34,46)(H,35,47);/q-3;+3/t19-,20+,21-,22+,23+;/m1./s1. The third-order valence-electron chi connectivity index (χ3n) is 8.23. The van der Waals surface area contributed by atoms with Gasteiger partial charge in [0, 0.05) is 40.4 Å². The van der Waals surface area contributed by atoms with Crippen LogP contribution in [0.5, 0.6) is 0 Å². The lowest BCUT2D eigenvalue weighted by Gasteiger charge is -2.32. The van der Waals surface area contributed by atoms with Crippen molar-refractivity contribution in [2.75, 3.05) is 39.4 Å². The second-order valence-electron chi connectivity index (χ2n) is 12.3. The van der Waals surface area contributed by atoms with E-state index in [4.69, 9.17) is 11.7 Å². The number of hydroxylamine groups is 6. The zero-order valence-electron chi connectivity index (χ0n) is 29.6. The predicted octanol–water partition coefficient (Wildman–Crippen LogP) is -5.78. The third-order valence-corrected chi connectivity index (χ3v) is 9.51. The van der Waals surface area contributed by atoms with Crippen LogP contribution >= 0.6 is 0 Å². The minimum absolute atomic E-state index is 0.0450. The number of rotatable bonds is 2. The molecule has 0 aromatic rings. The fourth-order valence-corrected chi connectivity index (χ4v) is 6.86. The molecule has 9 amide bonds. The zero-order chi connectivity index (χ0) is 39.2. The molecule has 23 nitrogen and oxygen atoms in total. The van der Waals surface area contributed by atoms with Gasteiger partial charge in [0.2, 0.25) is 53.2 Å². The lowest BCUT2D eigenvalue weighted by atomic mass is 10.1. The minimum atomic E-state index is -3.79. The van der Waals surface area contributed by atoms with E-state index in [-0.39, 0.29) is 58.2 Å². The van der Waals surface area contributed by atoms with Crippen LogP contribution in [0.3, 0.4) is 0 Å². The van der Waals surface area contributed by atoms with Gasteiger partial charge in [-0.1, -0.05) is 0 Å². The maximum Gasteiger partial charge on any atom is 0.975 e. The summed E-state index contributed by atoms with van der Waals surface area (Å²) in [4.78, 5) is 118. The number of hydrogen-bond donors (Lipinski definition) is 8. The Hall–Kier alpha value is -4.44. The first-order valence-electron chi connectivity index (χ1n) is 17.0. The number of aliphatic hydroxyl groups excluding tert-OH is 2. The predicted molar refractivity (Wildman–Crippen MR) is 176 cm³/mol. The number of amides is 9. The van der Waals surface area contributed by atoms with Gasteiger partial charge in [-0.15, -0.1) is 0 Å². The highest BCUT2D eigenvalue weighted by Crippen LogP contribution is 2.13. The number of fused-ring (bicyclic) bond motifs is 24. The van der Waals surface area contributed by atoms with Crippen molar-refractivity contribution >= 4 is 68.3 Å². The van der Waals surface area contributed by atoms with E-state index in [1.807, 2.05) is 0 Å². The highest BCUT2D eigenvalue weighted by Gasteiger charge is 2.44. The van der Waals surface area contributed by atoms with Gasteiger partial charge in [-0.3, -0.25) is 43.2 Å². The summed E-state index contributed by atoms with van der Waals surface area (Å²) in [7, 11) is 0.